The summed E-state index contributed by atoms with van der Waals surface area (Å²) in [7, 11) is 0. The van der Waals surface area contributed by atoms with Crippen LogP contribution in [0.2, 0.25) is 0 Å². The quantitative estimate of drug-likeness (QED) is 0.789. The molecule has 16 heavy (non-hydrogen) atoms. The fourth-order valence-electron chi connectivity index (χ4n) is 2.40. The van der Waals surface area contributed by atoms with Gasteiger partial charge in [0, 0.05) is 13.1 Å². The van der Waals surface area contributed by atoms with Crippen LogP contribution in [0.25, 0.3) is 0 Å². The summed E-state index contributed by atoms with van der Waals surface area (Å²) in [5.41, 5.74) is 7.67. The summed E-state index contributed by atoms with van der Waals surface area (Å²) in [6, 6.07) is 2.01. The number of aryl methyl sites for hydroxylation is 1. The highest BCUT2D eigenvalue weighted by Crippen LogP contribution is 2.24. The van der Waals surface area contributed by atoms with Crippen LogP contribution >= 0.6 is 0 Å². The lowest BCUT2D eigenvalue weighted by molar-refractivity contribution is 0.521. The second-order valence-corrected chi connectivity index (χ2v) is 4.93. The zero-order chi connectivity index (χ0) is 11.5. The number of nitrogens with zero attached hydrogens (tertiary/aromatic N) is 2. The highest BCUT2D eigenvalue weighted by Gasteiger charge is 2.16. The number of aromatic nitrogens is 1. The van der Waals surface area contributed by atoms with Gasteiger partial charge in [0.2, 0.25) is 0 Å². The van der Waals surface area contributed by atoms with Crippen LogP contribution in [0.3, 0.4) is 0 Å². The van der Waals surface area contributed by atoms with Crippen LogP contribution in [0.5, 0.6) is 0 Å². The Balaban J connectivity index is 2.16. The monoisotopic (exact) mass is 219 g/mol. The van der Waals surface area contributed by atoms with Gasteiger partial charge in [0.05, 0.1) is 11.9 Å². The Bertz CT molecular complexity index is 362. The SMILES string of the molecule is Cc1cc(N)cnc1N1CCCC(C)CC1. The highest BCUT2D eigenvalue weighted by atomic mass is 15.2. The van der Waals surface area contributed by atoms with Gasteiger partial charge in [-0.05, 0) is 43.7 Å². The number of hydrogen-bond donors (Lipinski definition) is 1. The molecule has 1 saturated heterocycles. The Morgan fingerprint density at radius 3 is 2.94 bits per heavy atom. The third-order valence-electron chi connectivity index (χ3n) is 3.39. The molecule has 2 rings (SSSR count). The largest absolute Gasteiger partial charge is 0.397 e. The van der Waals surface area contributed by atoms with Gasteiger partial charge in [-0.2, -0.15) is 0 Å². The van der Waals surface area contributed by atoms with Crippen LogP contribution in [0.15, 0.2) is 12.3 Å². The molecule has 1 aromatic heterocycles. The number of rotatable bonds is 1. The number of hydrogen-bond acceptors (Lipinski definition) is 3. The molecule has 1 aromatic rings. The predicted molar refractivity (Wildman–Crippen MR) is 68.6 cm³/mol. The second kappa shape index (κ2) is 4.73. The van der Waals surface area contributed by atoms with Crippen molar-refractivity contribution in [1.29, 1.82) is 0 Å². The molecule has 2 heterocycles. The first-order valence-electron chi connectivity index (χ1n) is 6.14. The maximum atomic E-state index is 5.73. The van der Waals surface area contributed by atoms with Crippen molar-refractivity contribution in [3.63, 3.8) is 0 Å². The number of pyridine rings is 1. The van der Waals surface area contributed by atoms with Crippen LogP contribution < -0.4 is 10.6 Å². The van der Waals surface area contributed by atoms with Crippen molar-refractivity contribution >= 4 is 11.5 Å². The summed E-state index contributed by atoms with van der Waals surface area (Å²) in [5, 5.41) is 0. The Kier molecular flexibility index (Phi) is 3.32. The van der Waals surface area contributed by atoms with Gasteiger partial charge in [0.25, 0.3) is 0 Å². The van der Waals surface area contributed by atoms with E-state index in [1.54, 1.807) is 6.20 Å². The third-order valence-corrected chi connectivity index (χ3v) is 3.39. The van der Waals surface area contributed by atoms with Crippen LogP contribution in [0.4, 0.5) is 11.5 Å². The summed E-state index contributed by atoms with van der Waals surface area (Å²) < 4.78 is 0. The molecule has 1 fully saturated rings. The summed E-state index contributed by atoms with van der Waals surface area (Å²) in [4.78, 5) is 6.87. The Labute approximate surface area is 97.7 Å². The van der Waals surface area contributed by atoms with E-state index < -0.39 is 0 Å². The Hall–Kier alpha value is -1.25. The van der Waals surface area contributed by atoms with Gasteiger partial charge in [0.15, 0.2) is 0 Å². The summed E-state index contributed by atoms with van der Waals surface area (Å²) in [5.74, 6) is 1.96. The standard InChI is InChI=1S/C13H21N3/c1-10-4-3-6-16(7-5-10)13-11(2)8-12(14)9-15-13/h8-10H,3-7,14H2,1-2H3. The molecule has 0 amide bonds. The molecule has 0 aromatic carbocycles. The third kappa shape index (κ3) is 2.46. The van der Waals surface area contributed by atoms with Crippen LogP contribution in [0, 0.1) is 12.8 Å². The van der Waals surface area contributed by atoms with Gasteiger partial charge in [-0.1, -0.05) is 6.92 Å². The van der Waals surface area contributed by atoms with Crippen molar-refractivity contribution in [2.75, 3.05) is 23.7 Å². The van der Waals surface area contributed by atoms with Crippen molar-refractivity contribution in [3.8, 4) is 0 Å². The molecular formula is C13H21N3. The minimum atomic E-state index is 0.754. The van der Waals surface area contributed by atoms with Gasteiger partial charge in [-0.3, -0.25) is 0 Å². The number of nitrogen functional groups attached to an aromatic ring is 1. The summed E-state index contributed by atoms with van der Waals surface area (Å²) in [6.07, 6.45) is 5.64. The molecule has 88 valence electrons. The topological polar surface area (TPSA) is 42.1 Å². The molecular weight excluding hydrogens is 198 g/mol. The highest BCUT2D eigenvalue weighted by molar-refractivity contribution is 5.52. The second-order valence-electron chi connectivity index (χ2n) is 4.93. The van der Waals surface area contributed by atoms with E-state index in [9.17, 15) is 0 Å². The lowest BCUT2D eigenvalue weighted by Gasteiger charge is -2.23. The molecule has 3 heteroatoms. The zero-order valence-corrected chi connectivity index (χ0v) is 10.2. The van der Waals surface area contributed by atoms with Gasteiger partial charge < -0.3 is 10.6 Å². The van der Waals surface area contributed by atoms with Crippen molar-refractivity contribution in [1.82, 2.24) is 4.98 Å². The number of anilines is 2. The van der Waals surface area contributed by atoms with Crippen molar-refractivity contribution in [2.24, 2.45) is 5.92 Å². The fraction of sp³-hybridized carbons (Fsp3) is 0.615. The van der Waals surface area contributed by atoms with Gasteiger partial charge in [0.1, 0.15) is 5.82 Å². The van der Waals surface area contributed by atoms with E-state index in [2.05, 4.69) is 23.7 Å². The number of nitrogens with two attached hydrogens (primary N) is 1. The van der Waals surface area contributed by atoms with Crippen molar-refractivity contribution in [2.45, 2.75) is 33.1 Å². The van der Waals surface area contributed by atoms with E-state index in [4.69, 9.17) is 5.73 Å². The smallest absolute Gasteiger partial charge is 0.131 e. The minimum absolute atomic E-state index is 0.754. The molecule has 2 N–H and O–H groups in total. The molecule has 1 unspecified atom stereocenters. The Morgan fingerprint density at radius 2 is 2.19 bits per heavy atom. The average molecular weight is 219 g/mol. The molecule has 0 radical (unpaired) electrons. The maximum Gasteiger partial charge on any atom is 0.131 e. The van der Waals surface area contributed by atoms with Gasteiger partial charge in [-0.15, -0.1) is 0 Å². The van der Waals surface area contributed by atoms with Crippen molar-refractivity contribution < 1.29 is 0 Å². The van der Waals surface area contributed by atoms with E-state index in [0.717, 1.165) is 30.5 Å². The molecule has 0 spiro atoms. The van der Waals surface area contributed by atoms with Gasteiger partial charge in [-0.25, -0.2) is 4.98 Å². The predicted octanol–water partition coefficient (Wildman–Crippen LogP) is 2.60. The minimum Gasteiger partial charge on any atom is -0.397 e. The van der Waals surface area contributed by atoms with E-state index in [1.165, 1.54) is 24.8 Å². The van der Waals surface area contributed by atoms with Crippen molar-refractivity contribution in [3.05, 3.63) is 17.8 Å². The lowest BCUT2D eigenvalue weighted by atomic mass is 10.0. The molecule has 3 nitrogen and oxygen atoms in total. The molecule has 0 saturated carbocycles. The first kappa shape index (κ1) is 11.2. The van der Waals surface area contributed by atoms with Gasteiger partial charge >= 0.3 is 0 Å². The first-order valence-corrected chi connectivity index (χ1v) is 6.14. The van der Waals surface area contributed by atoms with E-state index in [0.29, 0.717) is 0 Å². The fourth-order valence-corrected chi connectivity index (χ4v) is 2.40. The zero-order valence-electron chi connectivity index (χ0n) is 10.2. The molecule has 1 aliphatic heterocycles. The van der Waals surface area contributed by atoms with Crippen LogP contribution in [-0.4, -0.2) is 18.1 Å². The normalized spacial score (nSPS) is 21.9. The molecule has 0 bridgehead atoms. The molecule has 0 aliphatic carbocycles. The van der Waals surface area contributed by atoms with Crippen LogP contribution in [-0.2, 0) is 0 Å². The average Bonchev–Trinajstić information content (AvgIpc) is 2.43. The van der Waals surface area contributed by atoms with E-state index >= 15 is 0 Å². The lowest BCUT2D eigenvalue weighted by Crippen LogP contribution is -2.26. The summed E-state index contributed by atoms with van der Waals surface area (Å²) in [6.45, 7) is 6.68. The van der Waals surface area contributed by atoms with Crippen LogP contribution in [0.1, 0.15) is 31.7 Å². The van der Waals surface area contributed by atoms with E-state index in [1.807, 2.05) is 6.07 Å². The maximum absolute atomic E-state index is 5.73. The molecule has 1 atom stereocenters. The summed E-state index contributed by atoms with van der Waals surface area (Å²) >= 11 is 0. The van der Waals surface area contributed by atoms with E-state index in [-0.39, 0.29) is 0 Å². The Morgan fingerprint density at radius 1 is 1.38 bits per heavy atom. The molecule has 1 aliphatic rings. The first-order chi connectivity index (χ1) is 7.66.